The van der Waals surface area contributed by atoms with Crippen molar-refractivity contribution in [3.05, 3.63) is 0 Å². The summed E-state index contributed by atoms with van der Waals surface area (Å²) >= 11 is 0. The molecule has 0 heterocycles. The van der Waals surface area contributed by atoms with E-state index in [2.05, 4.69) is 5.32 Å². The highest BCUT2D eigenvalue weighted by molar-refractivity contribution is 7.92. The Morgan fingerprint density at radius 2 is 2.00 bits per heavy atom. The lowest BCUT2D eigenvalue weighted by molar-refractivity contribution is -0.120. The molecule has 0 rings (SSSR count). The number of hydrogen-bond donors (Lipinski definition) is 1. The molecule has 0 aliphatic heterocycles. The van der Waals surface area contributed by atoms with Crippen molar-refractivity contribution in [1.29, 1.82) is 0 Å². The third kappa shape index (κ3) is 2.88. The molecule has 0 aliphatic rings. The Bertz CT molecular complexity index is 232. The number of rotatable bonds is 3. The maximum atomic E-state index is 10.9. The second-order valence-corrected chi connectivity index (χ2v) is 4.57. The Balaban J connectivity index is 4.56. The lowest BCUT2D eigenvalue weighted by Crippen LogP contribution is -2.36. The predicted molar refractivity (Wildman–Crippen MR) is 43.0 cm³/mol. The molecule has 0 aromatic carbocycles. The Hall–Kier alpha value is -0.580. The Labute approximate surface area is 66.9 Å². The van der Waals surface area contributed by atoms with Crippen molar-refractivity contribution in [3.8, 4) is 0 Å². The van der Waals surface area contributed by atoms with E-state index in [1.807, 2.05) is 0 Å². The van der Waals surface area contributed by atoms with Gasteiger partial charge in [-0.15, -0.1) is 0 Å². The highest BCUT2D eigenvalue weighted by Crippen LogP contribution is 2.03. The largest absolute Gasteiger partial charge is 0.358 e. The predicted octanol–water partition coefficient (Wildman–Crippen LogP) is -0.444. The molecule has 0 aromatic rings. The van der Waals surface area contributed by atoms with Crippen LogP contribution in [-0.2, 0) is 14.6 Å². The topological polar surface area (TPSA) is 63.2 Å². The average molecular weight is 179 g/mol. The third-order valence-electron chi connectivity index (χ3n) is 1.43. The zero-order chi connectivity index (χ0) is 9.07. The molecule has 11 heavy (non-hydrogen) atoms. The summed E-state index contributed by atoms with van der Waals surface area (Å²) in [5, 5.41) is 1.41. The van der Waals surface area contributed by atoms with Crippen LogP contribution in [0.1, 0.15) is 13.3 Å². The maximum Gasteiger partial charge on any atom is 0.238 e. The van der Waals surface area contributed by atoms with Gasteiger partial charge in [-0.25, -0.2) is 8.42 Å². The van der Waals surface area contributed by atoms with Gasteiger partial charge >= 0.3 is 0 Å². The van der Waals surface area contributed by atoms with Crippen molar-refractivity contribution < 1.29 is 13.2 Å². The minimum absolute atomic E-state index is 0.318. The van der Waals surface area contributed by atoms with Gasteiger partial charge in [0.1, 0.15) is 5.25 Å². The van der Waals surface area contributed by atoms with Crippen molar-refractivity contribution in [2.45, 2.75) is 18.6 Å². The normalized spacial score (nSPS) is 14.1. The fraction of sp³-hybridized carbons (Fsp3) is 0.833. The van der Waals surface area contributed by atoms with Gasteiger partial charge in [-0.1, -0.05) is 6.92 Å². The quantitative estimate of drug-likeness (QED) is 0.638. The second-order valence-electron chi connectivity index (χ2n) is 2.34. The SMILES string of the molecule is CCC(C(=O)NC)S(C)(=O)=O. The summed E-state index contributed by atoms with van der Waals surface area (Å²) < 4.78 is 21.8. The Kier molecular flexibility index (Phi) is 3.51. The molecule has 0 saturated heterocycles. The zero-order valence-corrected chi connectivity index (χ0v) is 7.73. The number of carbonyl (C=O) groups excluding carboxylic acids is 1. The van der Waals surface area contributed by atoms with Gasteiger partial charge in [0, 0.05) is 13.3 Å². The Morgan fingerprint density at radius 1 is 1.55 bits per heavy atom. The van der Waals surface area contributed by atoms with Crippen LogP contribution in [0.2, 0.25) is 0 Å². The van der Waals surface area contributed by atoms with Crippen LogP contribution >= 0.6 is 0 Å². The summed E-state index contributed by atoms with van der Waals surface area (Å²) in [6.45, 7) is 1.67. The van der Waals surface area contributed by atoms with Gasteiger partial charge in [0.05, 0.1) is 0 Å². The van der Waals surface area contributed by atoms with E-state index in [-0.39, 0.29) is 0 Å². The molecular formula is C6H13NO3S. The third-order valence-corrected chi connectivity index (χ3v) is 3.01. The van der Waals surface area contributed by atoms with Crippen LogP contribution in [0.25, 0.3) is 0 Å². The number of carbonyl (C=O) groups is 1. The monoisotopic (exact) mass is 179 g/mol. The average Bonchev–Trinajstić information content (AvgIpc) is 1.86. The van der Waals surface area contributed by atoms with Gasteiger partial charge in [-0.05, 0) is 6.42 Å². The van der Waals surface area contributed by atoms with E-state index in [9.17, 15) is 13.2 Å². The first-order chi connectivity index (χ1) is 4.93. The molecule has 0 aliphatic carbocycles. The van der Waals surface area contributed by atoms with Gasteiger partial charge in [0.15, 0.2) is 9.84 Å². The van der Waals surface area contributed by atoms with Crippen molar-refractivity contribution >= 4 is 15.7 Å². The molecule has 0 spiro atoms. The molecule has 0 fully saturated rings. The molecule has 1 amide bonds. The molecule has 0 aromatic heterocycles. The summed E-state index contributed by atoms with van der Waals surface area (Å²) in [6.07, 6.45) is 1.38. The molecule has 66 valence electrons. The zero-order valence-electron chi connectivity index (χ0n) is 6.92. The highest BCUT2D eigenvalue weighted by atomic mass is 32.2. The lowest BCUT2D eigenvalue weighted by atomic mass is 10.3. The number of amides is 1. The fourth-order valence-electron chi connectivity index (χ4n) is 0.844. The van der Waals surface area contributed by atoms with Crippen molar-refractivity contribution in [2.24, 2.45) is 0 Å². The number of sulfone groups is 1. The molecule has 5 heteroatoms. The van der Waals surface area contributed by atoms with Crippen molar-refractivity contribution in [2.75, 3.05) is 13.3 Å². The van der Waals surface area contributed by atoms with Crippen molar-refractivity contribution in [1.82, 2.24) is 5.32 Å². The number of hydrogen-bond acceptors (Lipinski definition) is 3. The minimum atomic E-state index is -3.24. The lowest BCUT2D eigenvalue weighted by Gasteiger charge is -2.09. The van der Waals surface area contributed by atoms with Crippen LogP contribution in [0.15, 0.2) is 0 Å². The first-order valence-corrected chi connectivity index (χ1v) is 5.29. The highest BCUT2D eigenvalue weighted by Gasteiger charge is 2.25. The Morgan fingerprint density at radius 3 is 2.09 bits per heavy atom. The van der Waals surface area contributed by atoms with Gasteiger partial charge in [0.2, 0.25) is 5.91 Å². The van der Waals surface area contributed by atoms with E-state index in [0.29, 0.717) is 6.42 Å². The molecular weight excluding hydrogens is 166 g/mol. The van der Waals surface area contributed by atoms with E-state index in [1.165, 1.54) is 7.05 Å². The molecule has 0 saturated carbocycles. The summed E-state index contributed by atoms with van der Waals surface area (Å²) in [7, 11) is -1.81. The van der Waals surface area contributed by atoms with E-state index in [0.717, 1.165) is 6.26 Å². The van der Waals surface area contributed by atoms with Crippen LogP contribution in [0.4, 0.5) is 0 Å². The van der Waals surface area contributed by atoms with E-state index in [4.69, 9.17) is 0 Å². The van der Waals surface area contributed by atoms with Crippen LogP contribution in [0.3, 0.4) is 0 Å². The molecule has 0 bridgehead atoms. The minimum Gasteiger partial charge on any atom is -0.358 e. The molecule has 1 N–H and O–H groups in total. The van der Waals surface area contributed by atoms with E-state index < -0.39 is 21.0 Å². The second kappa shape index (κ2) is 3.71. The van der Waals surface area contributed by atoms with Gasteiger partial charge in [-0.2, -0.15) is 0 Å². The summed E-state index contributed by atoms with van der Waals surface area (Å²) in [6, 6.07) is 0. The van der Waals surface area contributed by atoms with Gasteiger partial charge in [-0.3, -0.25) is 4.79 Å². The van der Waals surface area contributed by atoms with Gasteiger partial charge in [0.25, 0.3) is 0 Å². The fourth-order valence-corrected chi connectivity index (χ4v) is 1.96. The summed E-state index contributed by atoms with van der Waals surface area (Å²) in [4.78, 5) is 10.9. The molecule has 1 atom stereocenters. The first kappa shape index (κ1) is 10.4. The summed E-state index contributed by atoms with van der Waals surface area (Å²) in [5.41, 5.74) is 0. The molecule has 1 unspecified atom stereocenters. The van der Waals surface area contributed by atoms with Crippen LogP contribution in [-0.4, -0.2) is 32.9 Å². The standard InChI is InChI=1S/C6H13NO3S/c1-4-5(6(8)7-2)11(3,9)10/h5H,4H2,1-3H3,(H,7,8). The van der Waals surface area contributed by atoms with Gasteiger partial charge < -0.3 is 5.32 Å². The van der Waals surface area contributed by atoms with Crippen LogP contribution in [0.5, 0.6) is 0 Å². The van der Waals surface area contributed by atoms with Crippen LogP contribution in [0, 0.1) is 0 Å². The van der Waals surface area contributed by atoms with E-state index in [1.54, 1.807) is 6.92 Å². The molecule has 4 nitrogen and oxygen atoms in total. The molecule has 0 radical (unpaired) electrons. The first-order valence-electron chi connectivity index (χ1n) is 3.34. The van der Waals surface area contributed by atoms with E-state index >= 15 is 0 Å². The smallest absolute Gasteiger partial charge is 0.238 e. The maximum absolute atomic E-state index is 10.9. The van der Waals surface area contributed by atoms with Crippen LogP contribution < -0.4 is 5.32 Å². The summed E-state index contributed by atoms with van der Waals surface area (Å²) in [5.74, 6) is -0.435. The number of nitrogens with one attached hydrogen (secondary N) is 1. The van der Waals surface area contributed by atoms with Crippen molar-refractivity contribution in [3.63, 3.8) is 0 Å².